The maximum absolute atomic E-state index is 12.2. The van der Waals surface area contributed by atoms with E-state index in [1.54, 1.807) is 6.07 Å². The van der Waals surface area contributed by atoms with Crippen molar-refractivity contribution in [3.63, 3.8) is 0 Å². The van der Waals surface area contributed by atoms with Gasteiger partial charge in [-0.1, -0.05) is 0 Å². The molecule has 1 aromatic heterocycles. The smallest absolute Gasteiger partial charge is 0.244 e. The molecule has 1 unspecified atom stereocenters. The number of aryl methyl sites for hydroxylation is 1. The Labute approximate surface area is 112 Å². The van der Waals surface area contributed by atoms with Crippen molar-refractivity contribution in [3.8, 4) is 0 Å². The normalized spacial score (nSPS) is 16.3. The van der Waals surface area contributed by atoms with E-state index in [0.29, 0.717) is 11.8 Å². The van der Waals surface area contributed by atoms with Crippen LogP contribution in [0.5, 0.6) is 0 Å². The Morgan fingerprint density at radius 2 is 2.11 bits per heavy atom. The Morgan fingerprint density at radius 3 is 2.74 bits per heavy atom. The Bertz CT molecular complexity index is 458. The number of nitrogens with two attached hydrogens (primary N) is 1. The van der Waals surface area contributed by atoms with Crippen molar-refractivity contribution < 1.29 is 4.79 Å². The van der Waals surface area contributed by atoms with Gasteiger partial charge < -0.3 is 10.2 Å². The average Bonchev–Trinajstić information content (AvgIpc) is 2.90. The number of nitrogens with zero attached hydrogens (tertiary/aromatic N) is 3. The SMILES string of the molecule is Cc1cc(NC(C)C(=O)N2CCCC2)nc(NN)n1. The van der Waals surface area contributed by atoms with Gasteiger partial charge in [0.2, 0.25) is 11.9 Å². The van der Waals surface area contributed by atoms with Gasteiger partial charge in [-0.15, -0.1) is 0 Å². The summed E-state index contributed by atoms with van der Waals surface area (Å²) in [6, 6.07) is 1.48. The van der Waals surface area contributed by atoms with E-state index < -0.39 is 0 Å². The summed E-state index contributed by atoms with van der Waals surface area (Å²) in [5.41, 5.74) is 3.19. The molecule has 1 aromatic rings. The molecule has 1 atom stereocenters. The second-order valence-electron chi connectivity index (χ2n) is 4.76. The molecule has 1 aliphatic rings. The molecule has 0 bridgehead atoms. The Morgan fingerprint density at radius 1 is 1.42 bits per heavy atom. The molecule has 104 valence electrons. The van der Waals surface area contributed by atoms with Crippen molar-refractivity contribution in [2.24, 2.45) is 5.84 Å². The van der Waals surface area contributed by atoms with Crippen LogP contribution in [0.15, 0.2) is 6.07 Å². The van der Waals surface area contributed by atoms with Gasteiger partial charge in [0.25, 0.3) is 0 Å². The monoisotopic (exact) mass is 264 g/mol. The fourth-order valence-electron chi connectivity index (χ4n) is 2.20. The summed E-state index contributed by atoms with van der Waals surface area (Å²) in [5.74, 6) is 6.34. The molecule has 2 rings (SSSR count). The van der Waals surface area contributed by atoms with Crippen molar-refractivity contribution in [2.75, 3.05) is 23.8 Å². The summed E-state index contributed by atoms with van der Waals surface area (Å²) in [6.07, 6.45) is 2.18. The van der Waals surface area contributed by atoms with Gasteiger partial charge in [0, 0.05) is 24.8 Å². The van der Waals surface area contributed by atoms with Crippen molar-refractivity contribution in [3.05, 3.63) is 11.8 Å². The molecule has 1 fully saturated rings. The van der Waals surface area contributed by atoms with Crippen molar-refractivity contribution in [1.82, 2.24) is 14.9 Å². The van der Waals surface area contributed by atoms with Gasteiger partial charge in [0.15, 0.2) is 0 Å². The number of aromatic nitrogens is 2. The number of carbonyl (C=O) groups excluding carboxylic acids is 1. The number of likely N-dealkylation sites (tertiary alicyclic amines) is 1. The summed E-state index contributed by atoms with van der Waals surface area (Å²) in [4.78, 5) is 22.3. The van der Waals surface area contributed by atoms with E-state index >= 15 is 0 Å². The summed E-state index contributed by atoms with van der Waals surface area (Å²) >= 11 is 0. The third-order valence-corrected chi connectivity index (χ3v) is 3.14. The fraction of sp³-hybridized carbons (Fsp3) is 0.583. The van der Waals surface area contributed by atoms with Crippen LogP contribution in [0.4, 0.5) is 11.8 Å². The second kappa shape index (κ2) is 5.83. The Hall–Kier alpha value is -1.89. The van der Waals surface area contributed by atoms with Gasteiger partial charge in [-0.25, -0.2) is 10.8 Å². The maximum atomic E-state index is 12.2. The number of carbonyl (C=O) groups is 1. The van der Waals surface area contributed by atoms with Crippen LogP contribution >= 0.6 is 0 Å². The number of nitrogens with one attached hydrogen (secondary N) is 2. The molecule has 2 heterocycles. The van der Waals surface area contributed by atoms with E-state index in [1.807, 2.05) is 18.7 Å². The highest BCUT2D eigenvalue weighted by atomic mass is 16.2. The van der Waals surface area contributed by atoms with Crippen LogP contribution in [0.3, 0.4) is 0 Å². The van der Waals surface area contributed by atoms with Gasteiger partial charge in [-0.05, 0) is 26.7 Å². The lowest BCUT2D eigenvalue weighted by molar-refractivity contribution is -0.130. The third-order valence-electron chi connectivity index (χ3n) is 3.14. The molecule has 0 radical (unpaired) electrons. The quantitative estimate of drug-likeness (QED) is 0.541. The largest absolute Gasteiger partial charge is 0.358 e. The zero-order valence-corrected chi connectivity index (χ0v) is 11.3. The fourth-order valence-corrected chi connectivity index (χ4v) is 2.20. The molecule has 0 saturated carbocycles. The van der Waals surface area contributed by atoms with E-state index in [0.717, 1.165) is 31.6 Å². The van der Waals surface area contributed by atoms with Gasteiger partial charge >= 0.3 is 0 Å². The number of hydrogen-bond acceptors (Lipinski definition) is 6. The first-order chi connectivity index (χ1) is 9.10. The van der Waals surface area contributed by atoms with Crippen LogP contribution in [-0.2, 0) is 4.79 Å². The van der Waals surface area contributed by atoms with Crippen LogP contribution in [0.25, 0.3) is 0 Å². The standard InChI is InChI=1S/C12H20N6O/c1-8-7-10(16-12(14-8)17-13)15-9(2)11(19)18-5-3-4-6-18/h7,9H,3-6,13H2,1-2H3,(H2,14,15,16,17). The molecule has 19 heavy (non-hydrogen) atoms. The maximum Gasteiger partial charge on any atom is 0.244 e. The van der Waals surface area contributed by atoms with E-state index in [1.165, 1.54) is 0 Å². The summed E-state index contributed by atoms with van der Waals surface area (Å²) in [6.45, 7) is 5.39. The minimum atomic E-state index is -0.307. The zero-order chi connectivity index (χ0) is 13.8. The summed E-state index contributed by atoms with van der Waals surface area (Å²) in [5, 5.41) is 3.10. The Kier molecular flexibility index (Phi) is 4.16. The summed E-state index contributed by atoms with van der Waals surface area (Å²) < 4.78 is 0. The van der Waals surface area contributed by atoms with Gasteiger partial charge in [-0.3, -0.25) is 10.2 Å². The third kappa shape index (κ3) is 3.31. The molecule has 1 amide bonds. The highest BCUT2D eigenvalue weighted by molar-refractivity contribution is 5.84. The number of hydrazine groups is 1. The number of rotatable bonds is 4. The Balaban J connectivity index is 2.03. The van der Waals surface area contributed by atoms with Crippen LogP contribution in [-0.4, -0.2) is 39.9 Å². The van der Waals surface area contributed by atoms with E-state index in [-0.39, 0.29) is 11.9 Å². The first-order valence-corrected chi connectivity index (χ1v) is 6.48. The first kappa shape index (κ1) is 13.5. The highest BCUT2D eigenvalue weighted by Crippen LogP contribution is 2.13. The topological polar surface area (TPSA) is 96.2 Å². The van der Waals surface area contributed by atoms with Crippen molar-refractivity contribution in [1.29, 1.82) is 0 Å². The molecule has 0 spiro atoms. The zero-order valence-electron chi connectivity index (χ0n) is 11.3. The number of anilines is 2. The first-order valence-electron chi connectivity index (χ1n) is 6.48. The van der Waals surface area contributed by atoms with E-state index in [4.69, 9.17) is 5.84 Å². The minimum absolute atomic E-state index is 0.107. The lowest BCUT2D eigenvalue weighted by Crippen LogP contribution is -2.39. The average molecular weight is 264 g/mol. The highest BCUT2D eigenvalue weighted by Gasteiger charge is 2.23. The van der Waals surface area contributed by atoms with Gasteiger partial charge in [-0.2, -0.15) is 4.98 Å². The molecule has 1 aliphatic heterocycles. The van der Waals surface area contributed by atoms with Gasteiger partial charge in [0.05, 0.1) is 0 Å². The molecule has 0 aliphatic carbocycles. The molecular formula is C12H20N6O. The molecule has 1 saturated heterocycles. The van der Waals surface area contributed by atoms with E-state index in [2.05, 4.69) is 20.7 Å². The lowest BCUT2D eigenvalue weighted by atomic mass is 10.3. The van der Waals surface area contributed by atoms with Crippen LogP contribution in [0.2, 0.25) is 0 Å². The molecule has 7 heteroatoms. The van der Waals surface area contributed by atoms with Crippen molar-refractivity contribution in [2.45, 2.75) is 32.7 Å². The predicted octanol–water partition coefficient (Wildman–Crippen LogP) is 0.493. The molecule has 7 nitrogen and oxygen atoms in total. The van der Waals surface area contributed by atoms with E-state index in [9.17, 15) is 4.79 Å². The van der Waals surface area contributed by atoms with Crippen molar-refractivity contribution >= 4 is 17.7 Å². The predicted molar refractivity (Wildman–Crippen MR) is 73.5 cm³/mol. The lowest BCUT2D eigenvalue weighted by Gasteiger charge is -2.21. The van der Waals surface area contributed by atoms with Crippen LogP contribution in [0.1, 0.15) is 25.5 Å². The molecular weight excluding hydrogens is 244 g/mol. The number of amides is 1. The number of hydrogen-bond donors (Lipinski definition) is 3. The second-order valence-corrected chi connectivity index (χ2v) is 4.76. The molecule has 4 N–H and O–H groups in total. The number of nitrogen functional groups attached to an aromatic ring is 1. The minimum Gasteiger partial charge on any atom is -0.358 e. The van der Waals surface area contributed by atoms with Gasteiger partial charge in [0.1, 0.15) is 11.9 Å². The summed E-state index contributed by atoms with van der Waals surface area (Å²) in [7, 11) is 0. The van der Waals surface area contributed by atoms with Crippen LogP contribution in [0, 0.1) is 6.92 Å². The van der Waals surface area contributed by atoms with Crippen LogP contribution < -0.4 is 16.6 Å². The molecule has 0 aromatic carbocycles.